The van der Waals surface area contributed by atoms with Crippen LogP contribution in [-0.2, 0) is 6.42 Å². The molecule has 0 aliphatic heterocycles. The van der Waals surface area contributed by atoms with Gasteiger partial charge in [-0.3, -0.25) is 0 Å². The molecule has 0 amide bonds. The third-order valence-corrected chi connectivity index (χ3v) is 4.83. The van der Waals surface area contributed by atoms with Crippen LogP contribution in [0.25, 0.3) is 0 Å². The molecule has 1 aromatic heterocycles. The van der Waals surface area contributed by atoms with Crippen molar-refractivity contribution in [1.82, 2.24) is 4.98 Å². The number of aromatic nitrogens is 1. The van der Waals surface area contributed by atoms with Crippen LogP contribution in [-0.4, -0.2) is 28.4 Å². The Labute approximate surface area is 132 Å². The van der Waals surface area contributed by atoms with Gasteiger partial charge in [0.05, 0.1) is 10.6 Å². The summed E-state index contributed by atoms with van der Waals surface area (Å²) >= 11 is 3.18. The molecule has 6 heteroatoms. The number of hydrogen-bond donors (Lipinski definition) is 2. The van der Waals surface area contributed by atoms with Crippen LogP contribution < -0.4 is 5.32 Å². The Morgan fingerprint density at radius 3 is 2.90 bits per heavy atom. The summed E-state index contributed by atoms with van der Waals surface area (Å²) in [7, 11) is 0. The van der Waals surface area contributed by atoms with Gasteiger partial charge in [0.25, 0.3) is 0 Å². The number of aromatic carboxylic acids is 1. The minimum Gasteiger partial charge on any atom is -0.478 e. The maximum Gasteiger partial charge on any atom is 0.338 e. The van der Waals surface area contributed by atoms with Gasteiger partial charge in [-0.25, -0.2) is 9.78 Å². The highest BCUT2D eigenvalue weighted by molar-refractivity contribution is 7.99. The zero-order chi connectivity index (χ0) is 15.2. The maximum absolute atomic E-state index is 11.5. The van der Waals surface area contributed by atoms with E-state index >= 15 is 0 Å². The first kappa shape index (κ1) is 15.9. The second-order valence-electron chi connectivity index (χ2n) is 4.48. The monoisotopic (exact) mass is 322 g/mol. The molecule has 1 aromatic carbocycles. The molecular weight excluding hydrogens is 304 g/mol. The molecule has 0 aliphatic carbocycles. The number of thiazole rings is 1. The Hall–Kier alpha value is -1.53. The molecule has 0 saturated heterocycles. The molecule has 2 rings (SSSR count). The zero-order valence-electron chi connectivity index (χ0n) is 12.0. The van der Waals surface area contributed by atoms with Crippen molar-refractivity contribution in [3.63, 3.8) is 0 Å². The van der Waals surface area contributed by atoms with Crippen molar-refractivity contribution in [1.29, 1.82) is 0 Å². The first-order valence-corrected chi connectivity index (χ1v) is 8.62. The summed E-state index contributed by atoms with van der Waals surface area (Å²) < 4.78 is 0. The highest BCUT2D eigenvalue weighted by Crippen LogP contribution is 2.28. The number of rotatable bonds is 7. The van der Waals surface area contributed by atoms with Crippen molar-refractivity contribution in [2.45, 2.75) is 25.2 Å². The number of carboxylic acids is 1. The van der Waals surface area contributed by atoms with Gasteiger partial charge in [0, 0.05) is 34.6 Å². The van der Waals surface area contributed by atoms with E-state index < -0.39 is 5.97 Å². The second-order valence-corrected chi connectivity index (χ2v) is 6.72. The fraction of sp³-hybridized carbons (Fsp3) is 0.333. The fourth-order valence-corrected chi connectivity index (χ4v) is 3.60. The van der Waals surface area contributed by atoms with E-state index in [0.717, 1.165) is 27.8 Å². The summed E-state index contributed by atoms with van der Waals surface area (Å²) in [5, 5.41) is 15.7. The largest absolute Gasteiger partial charge is 0.478 e. The molecule has 0 unspecified atom stereocenters. The van der Waals surface area contributed by atoms with Crippen LogP contribution in [0.1, 0.15) is 28.0 Å². The topological polar surface area (TPSA) is 62.2 Å². The highest BCUT2D eigenvalue weighted by Gasteiger charge is 2.15. The van der Waals surface area contributed by atoms with Gasteiger partial charge in [0.15, 0.2) is 0 Å². The molecule has 1 heterocycles. The smallest absolute Gasteiger partial charge is 0.338 e. The predicted octanol–water partition coefficient (Wildman–Crippen LogP) is 3.92. The lowest BCUT2D eigenvalue weighted by Gasteiger charge is -2.12. The summed E-state index contributed by atoms with van der Waals surface area (Å²) in [6.07, 6.45) is 0.794. The zero-order valence-corrected chi connectivity index (χ0v) is 13.7. The van der Waals surface area contributed by atoms with Crippen molar-refractivity contribution in [3.8, 4) is 0 Å². The first-order valence-electron chi connectivity index (χ1n) is 6.75. The molecule has 0 radical (unpaired) electrons. The summed E-state index contributed by atoms with van der Waals surface area (Å²) in [6, 6.07) is 5.56. The van der Waals surface area contributed by atoms with Gasteiger partial charge >= 0.3 is 5.97 Å². The van der Waals surface area contributed by atoms with Crippen molar-refractivity contribution < 1.29 is 9.90 Å². The van der Waals surface area contributed by atoms with Gasteiger partial charge < -0.3 is 10.4 Å². The van der Waals surface area contributed by atoms with Gasteiger partial charge in [-0.05, 0) is 24.8 Å². The molecule has 2 aromatic rings. The normalized spacial score (nSPS) is 10.6. The van der Waals surface area contributed by atoms with E-state index in [0.29, 0.717) is 17.8 Å². The minimum absolute atomic E-state index is 0.361. The molecule has 2 N–H and O–H groups in total. The number of nitrogens with one attached hydrogen (secondary N) is 1. The molecule has 0 spiro atoms. The molecule has 0 fully saturated rings. The van der Waals surface area contributed by atoms with Crippen LogP contribution in [0.15, 0.2) is 28.5 Å². The summed E-state index contributed by atoms with van der Waals surface area (Å²) in [5.74, 6) is -0.0404. The molecular formula is C15H18N2O2S2. The number of aryl methyl sites for hydroxylation is 1. The van der Waals surface area contributed by atoms with E-state index in [1.54, 1.807) is 23.1 Å². The van der Waals surface area contributed by atoms with Gasteiger partial charge in [-0.1, -0.05) is 13.0 Å². The number of thioether (sulfide) groups is 1. The number of carbonyl (C=O) groups is 1. The van der Waals surface area contributed by atoms with Gasteiger partial charge in [-0.15, -0.1) is 23.1 Å². The van der Waals surface area contributed by atoms with Crippen molar-refractivity contribution >= 4 is 34.8 Å². The molecule has 0 aliphatic rings. The van der Waals surface area contributed by atoms with Crippen molar-refractivity contribution in [3.05, 3.63) is 39.8 Å². The van der Waals surface area contributed by atoms with E-state index in [9.17, 15) is 9.90 Å². The lowest BCUT2D eigenvalue weighted by atomic mass is 10.1. The van der Waals surface area contributed by atoms with E-state index in [4.69, 9.17) is 0 Å². The molecule has 21 heavy (non-hydrogen) atoms. The average molecular weight is 322 g/mol. The Morgan fingerprint density at radius 1 is 1.48 bits per heavy atom. The first-order chi connectivity index (χ1) is 10.1. The molecule has 0 saturated carbocycles. The van der Waals surface area contributed by atoms with Crippen molar-refractivity contribution in [2.75, 3.05) is 17.6 Å². The number of anilines is 1. The lowest BCUT2D eigenvalue weighted by molar-refractivity contribution is 0.0694. The average Bonchev–Trinajstić information content (AvgIpc) is 2.85. The second kappa shape index (κ2) is 7.47. The standard InChI is InChI=1S/C15H18N2O2S2/c1-3-20-12-6-4-5-11(14(12)15(18)19)16-8-7-13-17-10(2)9-21-13/h4-6,9,16H,3,7-8H2,1-2H3,(H,18,19). The SMILES string of the molecule is CCSc1cccc(NCCc2nc(C)cs2)c1C(=O)O. The summed E-state index contributed by atoms with van der Waals surface area (Å²) in [6.45, 7) is 4.66. The van der Waals surface area contributed by atoms with Gasteiger partial charge in [0.1, 0.15) is 0 Å². The number of carboxylic acid groups (broad SMARTS) is 1. The summed E-state index contributed by atoms with van der Waals surface area (Å²) in [5.41, 5.74) is 2.07. The van der Waals surface area contributed by atoms with E-state index in [-0.39, 0.29) is 0 Å². The molecule has 0 bridgehead atoms. The Morgan fingerprint density at radius 2 is 2.29 bits per heavy atom. The third-order valence-electron chi connectivity index (χ3n) is 2.86. The van der Waals surface area contributed by atoms with Crippen LogP contribution in [0.5, 0.6) is 0 Å². The quantitative estimate of drug-likeness (QED) is 0.757. The Bertz CT molecular complexity index is 626. The molecule has 0 atom stereocenters. The predicted molar refractivity (Wildman–Crippen MR) is 88.8 cm³/mol. The van der Waals surface area contributed by atoms with Crippen LogP contribution in [0.2, 0.25) is 0 Å². The Balaban J connectivity index is 2.08. The van der Waals surface area contributed by atoms with E-state index in [1.807, 2.05) is 37.4 Å². The number of hydrogen-bond acceptors (Lipinski definition) is 5. The minimum atomic E-state index is -0.890. The van der Waals surface area contributed by atoms with Crippen molar-refractivity contribution in [2.24, 2.45) is 0 Å². The molecule has 112 valence electrons. The van der Waals surface area contributed by atoms with Crippen LogP contribution in [0.3, 0.4) is 0 Å². The number of nitrogens with zero attached hydrogens (tertiary/aromatic N) is 1. The van der Waals surface area contributed by atoms with Crippen LogP contribution >= 0.6 is 23.1 Å². The number of benzene rings is 1. The van der Waals surface area contributed by atoms with E-state index in [1.165, 1.54) is 0 Å². The fourth-order valence-electron chi connectivity index (χ4n) is 2.00. The third kappa shape index (κ3) is 4.22. The van der Waals surface area contributed by atoms with E-state index in [2.05, 4.69) is 10.3 Å². The van der Waals surface area contributed by atoms with Crippen LogP contribution in [0, 0.1) is 6.92 Å². The molecule has 4 nitrogen and oxygen atoms in total. The van der Waals surface area contributed by atoms with Gasteiger partial charge in [0.2, 0.25) is 0 Å². The highest BCUT2D eigenvalue weighted by atomic mass is 32.2. The van der Waals surface area contributed by atoms with Gasteiger partial charge in [-0.2, -0.15) is 0 Å². The van der Waals surface area contributed by atoms with Crippen LogP contribution in [0.4, 0.5) is 5.69 Å². The summed E-state index contributed by atoms with van der Waals surface area (Å²) in [4.78, 5) is 16.7. The maximum atomic E-state index is 11.5. The lowest BCUT2D eigenvalue weighted by Crippen LogP contribution is -2.10. The Kier molecular flexibility index (Phi) is 5.64.